The third-order valence-electron chi connectivity index (χ3n) is 4.78. The highest BCUT2D eigenvalue weighted by atomic mass is 35.5. The Labute approximate surface area is 165 Å². The van der Waals surface area contributed by atoms with Gasteiger partial charge in [0.15, 0.2) is 0 Å². The van der Waals surface area contributed by atoms with Crippen LogP contribution in [-0.4, -0.2) is 67.0 Å². The number of carbonyl (C=O) groups excluding carboxylic acids is 2. The summed E-state index contributed by atoms with van der Waals surface area (Å²) in [5, 5.41) is 2.44. The topological polar surface area (TPSA) is 61.9 Å². The fraction of sp³-hybridized carbons (Fsp3) is 0.556. The minimum Gasteiger partial charge on any atom is -0.366 e. The molecule has 0 saturated carbocycles. The van der Waals surface area contributed by atoms with Gasteiger partial charge in [0.05, 0.1) is 29.4 Å². The van der Waals surface area contributed by atoms with Crippen LogP contribution < -0.4 is 5.32 Å². The summed E-state index contributed by atoms with van der Waals surface area (Å²) in [5.41, 5.74) is -0.991. The molecule has 1 aromatic rings. The number of rotatable bonds is 4. The molecule has 0 radical (unpaired) electrons. The van der Waals surface area contributed by atoms with Crippen molar-refractivity contribution in [2.24, 2.45) is 0 Å². The van der Waals surface area contributed by atoms with Gasteiger partial charge >= 0.3 is 6.18 Å². The SMILES string of the molecule is O=C(CN1CCOC(C(=O)N2CCCC2)C1)Nc1cc(C(F)(F)F)ccc1Cl. The Bertz CT molecular complexity index is 739. The van der Waals surface area contributed by atoms with Crippen molar-refractivity contribution >= 4 is 29.1 Å². The van der Waals surface area contributed by atoms with Crippen LogP contribution >= 0.6 is 11.6 Å². The number of hydrogen-bond donors (Lipinski definition) is 1. The zero-order valence-electron chi connectivity index (χ0n) is 15.1. The molecular weight excluding hydrogens is 399 g/mol. The Balaban J connectivity index is 1.58. The van der Waals surface area contributed by atoms with Crippen LogP contribution in [0.4, 0.5) is 18.9 Å². The van der Waals surface area contributed by atoms with E-state index in [4.69, 9.17) is 16.3 Å². The van der Waals surface area contributed by atoms with Crippen molar-refractivity contribution < 1.29 is 27.5 Å². The highest BCUT2D eigenvalue weighted by Crippen LogP contribution is 2.33. The fourth-order valence-corrected chi connectivity index (χ4v) is 3.49. The van der Waals surface area contributed by atoms with Crippen LogP contribution in [0.5, 0.6) is 0 Å². The quantitative estimate of drug-likeness (QED) is 0.815. The summed E-state index contributed by atoms with van der Waals surface area (Å²) in [7, 11) is 0. The number of morpholine rings is 1. The molecule has 3 rings (SSSR count). The lowest BCUT2D eigenvalue weighted by Crippen LogP contribution is -2.52. The van der Waals surface area contributed by atoms with E-state index >= 15 is 0 Å². The average molecular weight is 420 g/mol. The molecule has 0 aromatic heterocycles. The van der Waals surface area contributed by atoms with Crippen molar-refractivity contribution in [3.05, 3.63) is 28.8 Å². The second kappa shape index (κ2) is 8.67. The molecular formula is C18H21ClF3N3O3. The Kier molecular flexibility index (Phi) is 6.47. The first-order chi connectivity index (χ1) is 13.2. The summed E-state index contributed by atoms with van der Waals surface area (Å²) in [5.74, 6) is -0.584. The molecule has 2 amide bonds. The van der Waals surface area contributed by atoms with Crippen LogP contribution in [0.3, 0.4) is 0 Å². The molecule has 2 fully saturated rings. The van der Waals surface area contributed by atoms with E-state index in [1.165, 1.54) is 0 Å². The van der Waals surface area contributed by atoms with Gasteiger partial charge in [-0.3, -0.25) is 14.5 Å². The maximum atomic E-state index is 12.8. The second-order valence-corrected chi connectivity index (χ2v) is 7.27. The second-order valence-electron chi connectivity index (χ2n) is 6.87. The van der Waals surface area contributed by atoms with Gasteiger partial charge in [0.25, 0.3) is 5.91 Å². The lowest BCUT2D eigenvalue weighted by molar-refractivity contribution is -0.149. The maximum Gasteiger partial charge on any atom is 0.416 e. The number of halogens is 4. The smallest absolute Gasteiger partial charge is 0.366 e. The highest BCUT2D eigenvalue weighted by Gasteiger charge is 2.33. The molecule has 0 spiro atoms. The molecule has 1 aromatic carbocycles. The van der Waals surface area contributed by atoms with Gasteiger partial charge in [0.1, 0.15) is 6.10 Å². The molecule has 10 heteroatoms. The summed E-state index contributed by atoms with van der Waals surface area (Å²) in [6, 6.07) is 2.76. The van der Waals surface area contributed by atoms with Gasteiger partial charge in [-0.2, -0.15) is 13.2 Å². The minimum absolute atomic E-state index is 0.0189. The molecule has 2 heterocycles. The normalized spacial score (nSPS) is 21.0. The molecule has 154 valence electrons. The molecule has 1 unspecified atom stereocenters. The predicted octanol–water partition coefficient (Wildman–Crippen LogP) is 2.62. The molecule has 1 atom stereocenters. The van der Waals surface area contributed by atoms with Gasteiger partial charge in [-0.25, -0.2) is 0 Å². The number of benzene rings is 1. The number of hydrogen-bond acceptors (Lipinski definition) is 4. The average Bonchev–Trinajstić information content (AvgIpc) is 3.17. The summed E-state index contributed by atoms with van der Waals surface area (Å²) < 4.78 is 44.1. The first kappa shape index (κ1) is 20.9. The van der Waals surface area contributed by atoms with E-state index in [1.54, 1.807) is 9.80 Å². The number of likely N-dealkylation sites (tertiary alicyclic amines) is 1. The van der Waals surface area contributed by atoms with Crippen LogP contribution in [-0.2, 0) is 20.5 Å². The zero-order chi connectivity index (χ0) is 20.3. The fourth-order valence-electron chi connectivity index (χ4n) is 3.33. The first-order valence-corrected chi connectivity index (χ1v) is 9.41. The van der Waals surface area contributed by atoms with E-state index in [2.05, 4.69) is 5.32 Å². The van der Waals surface area contributed by atoms with E-state index in [1.807, 2.05) is 0 Å². The Hall–Kier alpha value is -1.84. The largest absolute Gasteiger partial charge is 0.416 e. The van der Waals surface area contributed by atoms with Gasteiger partial charge in [-0.05, 0) is 31.0 Å². The molecule has 2 aliphatic heterocycles. The van der Waals surface area contributed by atoms with Gasteiger partial charge in [-0.1, -0.05) is 11.6 Å². The van der Waals surface area contributed by atoms with Crippen molar-refractivity contribution in [1.82, 2.24) is 9.80 Å². The standard InChI is InChI=1S/C18H21ClF3N3O3/c19-13-4-3-12(18(20,21)22)9-14(13)23-16(26)11-24-7-8-28-15(10-24)17(27)25-5-1-2-6-25/h3-4,9,15H,1-2,5-8,10-11H2,(H,23,26). The lowest BCUT2D eigenvalue weighted by Gasteiger charge is -2.33. The molecule has 28 heavy (non-hydrogen) atoms. The van der Waals surface area contributed by atoms with Gasteiger partial charge in [0, 0.05) is 26.2 Å². The van der Waals surface area contributed by atoms with Crippen molar-refractivity contribution in [3.8, 4) is 0 Å². The summed E-state index contributed by atoms with van der Waals surface area (Å²) >= 11 is 5.90. The van der Waals surface area contributed by atoms with Crippen molar-refractivity contribution in [1.29, 1.82) is 0 Å². The number of anilines is 1. The van der Waals surface area contributed by atoms with Crippen LogP contribution in [0.1, 0.15) is 18.4 Å². The van der Waals surface area contributed by atoms with E-state index in [9.17, 15) is 22.8 Å². The van der Waals surface area contributed by atoms with Crippen LogP contribution in [0, 0.1) is 0 Å². The summed E-state index contributed by atoms with van der Waals surface area (Å²) in [6.07, 6.45) is -3.21. The van der Waals surface area contributed by atoms with Crippen LogP contribution in [0.15, 0.2) is 18.2 Å². The molecule has 0 bridgehead atoms. The molecule has 6 nitrogen and oxygen atoms in total. The number of nitrogens with one attached hydrogen (secondary N) is 1. The van der Waals surface area contributed by atoms with Crippen molar-refractivity contribution in [2.45, 2.75) is 25.1 Å². The Morgan fingerprint density at radius 3 is 2.61 bits per heavy atom. The number of carbonyl (C=O) groups is 2. The lowest BCUT2D eigenvalue weighted by atomic mass is 10.2. The van der Waals surface area contributed by atoms with Crippen LogP contribution in [0.25, 0.3) is 0 Å². The first-order valence-electron chi connectivity index (χ1n) is 9.03. The van der Waals surface area contributed by atoms with Gasteiger partial charge in [0.2, 0.25) is 5.91 Å². The third-order valence-corrected chi connectivity index (χ3v) is 5.11. The number of alkyl halides is 3. The van der Waals surface area contributed by atoms with E-state index in [0.717, 1.165) is 31.0 Å². The molecule has 2 saturated heterocycles. The molecule has 2 aliphatic rings. The maximum absolute atomic E-state index is 12.8. The van der Waals surface area contributed by atoms with E-state index < -0.39 is 23.8 Å². The highest BCUT2D eigenvalue weighted by molar-refractivity contribution is 6.33. The third kappa shape index (κ3) is 5.15. The summed E-state index contributed by atoms with van der Waals surface area (Å²) in [4.78, 5) is 28.3. The minimum atomic E-state index is -4.53. The molecule has 0 aliphatic carbocycles. The Morgan fingerprint density at radius 1 is 1.21 bits per heavy atom. The zero-order valence-corrected chi connectivity index (χ0v) is 15.9. The monoisotopic (exact) mass is 419 g/mol. The van der Waals surface area contributed by atoms with E-state index in [0.29, 0.717) is 26.2 Å². The van der Waals surface area contributed by atoms with Gasteiger partial charge in [-0.15, -0.1) is 0 Å². The Morgan fingerprint density at radius 2 is 1.93 bits per heavy atom. The number of nitrogens with zero attached hydrogens (tertiary/aromatic N) is 2. The molecule has 1 N–H and O–H groups in total. The van der Waals surface area contributed by atoms with Crippen molar-refractivity contribution in [3.63, 3.8) is 0 Å². The number of ether oxygens (including phenoxy) is 1. The van der Waals surface area contributed by atoms with Gasteiger partial charge < -0.3 is 15.0 Å². The number of amides is 2. The predicted molar refractivity (Wildman–Crippen MR) is 97.1 cm³/mol. The van der Waals surface area contributed by atoms with Crippen molar-refractivity contribution in [2.75, 3.05) is 44.6 Å². The van der Waals surface area contributed by atoms with Crippen LogP contribution in [0.2, 0.25) is 5.02 Å². The summed E-state index contributed by atoms with van der Waals surface area (Å²) in [6.45, 7) is 2.38. The van der Waals surface area contributed by atoms with E-state index in [-0.39, 0.29) is 29.7 Å².